The van der Waals surface area contributed by atoms with Gasteiger partial charge < -0.3 is 14.9 Å². The van der Waals surface area contributed by atoms with Crippen LogP contribution in [-0.2, 0) is 16.1 Å². The zero-order valence-corrected chi connectivity index (χ0v) is 14.8. The second kappa shape index (κ2) is 7.99. The molecule has 26 heavy (non-hydrogen) atoms. The van der Waals surface area contributed by atoms with Crippen molar-refractivity contribution in [2.45, 2.75) is 13.5 Å². The minimum Gasteiger partial charge on any atom is -0.481 e. The van der Waals surface area contributed by atoms with Crippen LogP contribution in [0.3, 0.4) is 0 Å². The Balaban J connectivity index is 1.73. The molecular weight excluding hydrogens is 330 g/mol. The van der Waals surface area contributed by atoms with Crippen LogP contribution >= 0.6 is 0 Å². The van der Waals surface area contributed by atoms with Crippen molar-refractivity contribution in [1.82, 2.24) is 9.88 Å². The highest BCUT2D eigenvalue weighted by atomic mass is 16.4. The summed E-state index contributed by atoms with van der Waals surface area (Å²) in [5, 5.41) is 9.28. The molecule has 1 aromatic carbocycles. The molecule has 0 spiro atoms. The number of hydrogen-bond donors (Lipinski definition) is 1. The first-order valence-electron chi connectivity index (χ1n) is 8.74. The largest absolute Gasteiger partial charge is 0.481 e. The summed E-state index contributed by atoms with van der Waals surface area (Å²) in [6.07, 6.45) is 3.51. The molecule has 2 heterocycles. The van der Waals surface area contributed by atoms with Crippen LogP contribution in [0.5, 0.6) is 0 Å². The first-order valence-corrected chi connectivity index (χ1v) is 8.74. The van der Waals surface area contributed by atoms with Crippen LogP contribution in [-0.4, -0.2) is 46.5 Å². The highest BCUT2D eigenvalue weighted by Crippen LogP contribution is 2.24. The number of carboxylic acid groups (broad SMARTS) is 1. The van der Waals surface area contributed by atoms with Crippen molar-refractivity contribution in [3.63, 3.8) is 0 Å². The number of aliphatic carboxylic acids is 1. The van der Waals surface area contributed by atoms with Crippen molar-refractivity contribution in [2.24, 2.45) is 11.8 Å². The molecule has 1 aromatic heterocycles. The lowest BCUT2D eigenvalue weighted by Gasteiger charge is -2.27. The van der Waals surface area contributed by atoms with Gasteiger partial charge in [0.05, 0.1) is 12.5 Å². The number of amides is 1. The van der Waals surface area contributed by atoms with E-state index in [0.29, 0.717) is 13.1 Å². The van der Waals surface area contributed by atoms with Crippen LogP contribution in [0.15, 0.2) is 54.9 Å². The number of likely N-dealkylation sites (tertiary alicyclic amines) is 1. The van der Waals surface area contributed by atoms with E-state index in [1.54, 1.807) is 17.3 Å². The molecule has 2 aromatic rings. The molecule has 1 fully saturated rings. The maximum atomic E-state index is 12.8. The van der Waals surface area contributed by atoms with Gasteiger partial charge in [0.25, 0.3) is 0 Å². The predicted molar refractivity (Wildman–Crippen MR) is 98.6 cm³/mol. The van der Waals surface area contributed by atoms with Crippen LogP contribution in [0.1, 0.15) is 12.5 Å². The van der Waals surface area contributed by atoms with E-state index in [4.69, 9.17) is 0 Å². The maximum Gasteiger partial charge on any atom is 0.308 e. The Bertz CT molecular complexity index is 751. The molecule has 2 atom stereocenters. The zero-order valence-electron chi connectivity index (χ0n) is 14.8. The number of anilines is 1. The number of nitrogens with zero attached hydrogens (tertiary/aromatic N) is 3. The molecule has 1 amide bonds. The molecule has 0 unspecified atom stereocenters. The first-order chi connectivity index (χ1) is 12.5. The standard InChI is InChI=1S/C20H23N3O3/c1-15-11-23(13-18(15)20(25)26)19(24)14-22(17-7-3-2-4-8-17)12-16-6-5-9-21-10-16/h2-10,15,18H,11-14H2,1H3,(H,25,26)/t15-,18-/m1/s1. The summed E-state index contributed by atoms with van der Waals surface area (Å²) in [7, 11) is 0. The van der Waals surface area contributed by atoms with E-state index in [2.05, 4.69) is 4.98 Å². The quantitative estimate of drug-likeness (QED) is 0.862. The average molecular weight is 353 g/mol. The molecule has 1 saturated heterocycles. The summed E-state index contributed by atoms with van der Waals surface area (Å²) in [6.45, 7) is 3.43. The maximum absolute atomic E-state index is 12.8. The van der Waals surface area contributed by atoms with E-state index < -0.39 is 11.9 Å². The second-order valence-corrected chi connectivity index (χ2v) is 6.77. The van der Waals surface area contributed by atoms with Gasteiger partial charge in [0.15, 0.2) is 0 Å². The average Bonchev–Trinajstić information content (AvgIpc) is 3.05. The topological polar surface area (TPSA) is 73.7 Å². The Labute approximate surface area is 153 Å². The van der Waals surface area contributed by atoms with Crippen molar-refractivity contribution in [3.05, 3.63) is 60.4 Å². The number of rotatable bonds is 6. The molecule has 6 heteroatoms. The number of para-hydroxylation sites is 1. The fourth-order valence-corrected chi connectivity index (χ4v) is 3.34. The van der Waals surface area contributed by atoms with Crippen LogP contribution < -0.4 is 4.90 Å². The van der Waals surface area contributed by atoms with Gasteiger partial charge in [-0.25, -0.2) is 0 Å². The number of hydrogen-bond acceptors (Lipinski definition) is 4. The lowest BCUT2D eigenvalue weighted by molar-refractivity contribution is -0.142. The minimum atomic E-state index is -0.830. The van der Waals surface area contributed by atoms with Crippen LogP contribution in [0.2, 0.25) is 0 Å². The van der Waals surface area contributed by atoms with E-state index in [0.717, 1.165) is 11.3 Å². The molecule has 0 bridgehead atoms. The number of aromatic nitrogens is 1. The normalized spacial score (nSPS) is 19.3. The summed E-state index contributed by atoms with van der Waals surface area (Å²) in [5.74, 6) is -1.39. The summed E-state index contributed by atoms with van der Waals surface area (Å²) < 4.78 is 0. The van der Waals surface area contributed by atoms with Crippen molar-refractivity contribution >= 4 is 17.6 Å². The van der Waals surface area contributed by atoms with E-state index in [-0.39, 0.29) is 24.9 Å². The molecular formula is C20H23N3O3. The molecule has 136 valence electrons. The highest BCUT2D eigenvalue weighted by molar-refractivity contribution is 5.83. The fraction of sp³-hybridized carbons (Fsp3) is 0.350. The molecule has 3 rings (SSSR count). The minimum absolute atomic E-state index is 0.0278. The fourth-order valence-electron chi connectivity index (χ4n) is 3.34. The first kappa shape index (κ1) is 17.9. The van der Waals surface area contributed by atoms with Crippen LogP contribution in [0, 0.1) is 11.8 Å². The predicted octanol–water partition coefficient (Wildman–Crippen LogP) is 2.27. The lowest BCUT2D eigenvalue weighted by Crippen LogP contribution is -2.39. The summed E-state index contributed by atoms with van der Waals surface area (Å²) in [4.78, 5) is 31.9. The Morgan fingerprint density at radius 3 is 2.58 bits per heavy atom. The molecule has 6 nitrogen and oxygen atoms in total. The number of benzene rings is 1. The van der Waals surface area contributed by atoms with Gasteiger partial charge in [0.1, 0.15) is 0 Å². The summed E-state index contributed by atoms with van der Waals surface area (Å²) >= 11 is 0. The van der Waals surface area contributed by atoms with Gasteiger partial charge >= 0.3 is 5.97 Å². The van der Waals surface area contributed by atoms with Crippen molar-refractivity contribution in [2.75, 3.05) is 24.5 Å². The van der Waals surface area contributed by atoms with E-state index >= 15 is 0 Å². The van der Waals surface area contributed by atoms with E-state index in [1.165, 1.54) is 0 Å². The number of pyridine rings is 1. The summed E-state index contributed by atoms with van der Waals surface area (Å²) in [6, 6.07) is 13.6. The highest BCUT2D eigenvalue weighted by Gasteiger charge is 2.37. The molecule has 1 N–H and O–H groups in total. The molecule has 0 radical (unpaired) electrons. The third-order valence-electron chi connectivity index (χ3n) is 4.83. The van der Waals surface area contributed by atoms with E-state index in [9.17, 15) is 14.7 Å². The second-order valence-electron chi connectivity index (χ2n) is 6.77. The SMILES string of the molecule is C[C@@H]1CN(C(=O)CN(Cc2cccnc2)c2ccccc2)C[C@H]1C(=O)O. The molecule has 0 aliphatic carbocycles. The van der Waals surface area contributed by atoms with Crippen molar-refractivity contribution < 1.29 is 14.7 Å². The Kier molecular flexibility index (Phi) is 5.51. The molecule has 1 aliphatic rings. The van der Waals surface area contributed by atoms with Crippen molar-refractivity contribution in [1.29, 1.82) is 0 Å². The third-order valence-corrected chi connectivity index (χ3v) is 4.83. The van der Waals surface area contributed by atoms with Gasteiger partial charge in [-0.05, 0) is 29.7 Å². The Hall–Kier alpha value is -2.89. The van der Waals surface area contributed by atoms with Gasteiger partial charge in [-0.3, -0.25) is 14.6 Å². The smallest absolute Gasteiger partial charge is 0.308 e. The van der Waals surface area contributed by atoms with Crippen LogP contribution in [0.4, 0.5) is 5.69 Å². The Morgan fingerprint density at radius 2 is 1.96 bits per heavy atom. The lowest BCUT2D eigenvalue weighted by atomic mass is 9.99. The van der Waals surface area contributed by atoms with Crippen LogP contribution in [0.25, 0.3) is 0 Å². The van der Waals surface area contributed by atoms with Gasteiger partial charge in [-0.2, -0.15) is 0 Å². The number of carbonyl (C=O) groups excluding carboxylic acids is 1. The van der Waals surface area contributed by atoms with Gasteiger partial charge in [0.2, 0.25) is 5.91 Å². The third kappa shape index (κ3) is 4.20. The molecule has 1 aliphatic heterocycles. The monoisotopic (exact) mass is 353 g/mol. The number of carboxylic acids is 1. The van der Waals surface area contributed by atoms with Gasteiger partial charge in [0, 0.05) is 37.7 Å². The van der Waals surface area contributed by atoms with E-state index in [1.807, 2.05) is 54.3 Å². The van der Waals surface area contributed by atoms with Gasteiger partial charge in [-0.1, -0.05) is 31.2 Å². The molecule has 0 saturated carbocycles. The number of carbonyl (C=O) groups is 2. The van der Waals surface area contributed by atoms with Gasteiger partial charge in [-0.15, -0.1) is 0 Å². The Morgan fingerprint density at radius 1 is 1.19 bits per heavy atom. The zero-order chi connectivity index (χ0) is 18.5. The summed E-state index contributed by atoms with van der Waals surface area (Å²) in [5.41, 5.74) is 1.97. The van der Waals surface area contributed by atoms with Crippen molar-refractivity contribution in [3.8, 4) is 0 Å².